The predicted octanol–water partition coefficient (Wildman–Crippen LogP) is 4.87. The normalized spacial score (nSPS) is 16.2. The average molecular weight is 466 g/mol. The summed E-state index contributed by atoms with van der Waals surface area (Å²) in [5, 5.41) is 3.34. The molecule has 2 aromatic carbocycles. The van der Waals surface area contributed by atoms with Gasteiger partial charge in [-0.25, -0.2) is 8.78 Å². The zero-order valence-corrected chi connectivity index (χ0v) is 18.4. The molecule has 0 bridgehead atoms. The molecule has 1 N–H and O–H groups in total. The Kier molecular flexibility index (Phi) is 8.32. The third-order valence-corrected chi connectivity index (χ3v) is 5.32. The van der Waals surface area contributed by atoms with Crippen LogP contribution in [0.25, 0.3) is 6.08 Å². The minimum Gasteiger partial charge on any atom is -0.493 e. The van der Waals surface area contributed by atoms with Crippen LogP contribution in [0.2, 0.25) is 0 Å². The fourth-order valence-electron chi connectivity index (χ4n) is 3.81. The first-order valence-corrected chi connectivity index (χ1v) is 10.5. The summed E-state index contributed by atoms with van der Waals surface area (Å²) in [6.45, 7) is 0.199. The summed E-state index contributed by atoms with van der Waals surface area (Å²) >= 11 is 0. The summed E-state index contributed by atoms with van der Waals surface area (Å²) in [5.41, 5.74) is 1.15. The van der Waals surface area contributed by atoms with Crippen molar-refractivity contribution in [3.8, 4) is 11.5 Å². The van der Waals surface area contributed by atoms with E-state index in [1.165, 1.54) is 37.4 Å². The van der Waals surface area contributed by atoms with Crippen molar-refractivity contribution in [3.05, 3.63) is 64.7 Å². The Bertz CT molecular complexity index is 1010. The van der Waals surface area contributed by atoms with Crippen molar-refractivity contribution in [3.63, 3.8) is 0 Å². The number of hydrogen-bond donors (Lipinski definition) is 1. The van der Waals surface area contributed by atoms with Gasteiger partial charge in [-0.15, -0.1) is 0 Å². The number of hydrogen-bond acceptors (Lipinski definition) is 4. The van der Waals surface area contributed by atoms with Crippen molar-refractivity contribution < 1.29 is 31.8 Å². The molecule has 1 aliphatic heterocycles. The monoisotopic (exact) mass is 466 g/mol. The molecule has 5 nitrogen and oxygen atoms in total. The van der Waals surface area contributed by atoms with Crippen LogP contribution in [0.4, 0.5) is 17.6 Å². The second kappa shape index (κ2) is 11.2. The van der Waals surface area contributed by atoms with E-state index < -0.39 is 18.2 Å². The maximum atomic E-state index is 14.1. The third kappa shape index (κ3) is 6.71. The summed E-state index contributed by atoms with van der Waals surface area (Å²) < 4.78 is 62.0. The van der Waals surface area contributed by atoms with Crippen LogP contribution in [0, 0.1) is 11.6 Å². The van der Waals surface area contributed by atoms with Crippen LogP contribution in [-0.4, -0.2) is 50.2 Å². The molecular weight excluding hydrogens is 440 g/mol. The Morgan fingerprint density at radius 2 is 2.00 bits per heavy atom. The fraction of sp³-hybridized carbons (Fsp3) is 0.375. The number of benzene rings is 2. The molecule has 33 heavy (non-hydrogen) atoms. The van der Waals surface area contributed by atoms with E-state index in [1.807, 2.05) is 0 Å². The minimum atomic E-state index is -3.02. The van der Waals surface area contributed by atoms with E-state index in [1.54, 1.807) is 17.9 Å². The van der Waals surface area contributed by atoms with E-state index in [0.717, 1.165) is 25.5 Å². The van der Waals surface area contributed by atoms with Gasteiger partial charge in [-0.3, -0.25) is 4.79 Å². The lowest BCUT2D eigenvalue weighted by Gasteiger charge is -2.27. The predicted molar refractivity (Wildman–Crippen MR) is 117 cm³/mol. The van der Waals surface area contributed by atoms with E-state index in [0.29, 0.717) is 12.1 Å². The number of halogens is 4. The van der Waals surface area contributed by atoms with Crippen molar-refractivity contribution in [1.29, 1.82) is 0 Å². The highest BCUT2D eigenvalue weighted by Gasteiger charge is 2.24. The number of nitrogens with one attached hydrogen (secondary N) is 1. The molecule has 178 valence electrons. The smallest absolute Gasteiger partial charge is 0.387 e. The SMILES string of the molecule is COc1cc(C(=O)N(CC(C)=Cc2ccc(F)cc2F)CC2CCCN2)ccc1OC(F)F. The molecule has 0 aromatic heterocycles. The van der Waals surface area contributed by atoms with Crippen LogP contribution in [0.1, 0.15) is 35.7 Å². The quantitative estimate of drug-likeness (QED) is 0.536. The molecule has 1 unspecified atom stereocenters. The van der Waals surface area contributed by atoms with Gasteiger partial charge in [0.05, 0.1) is 7.11 Å². The van der Waals surface area contributed by atoms with Crippen molar-refractivity contribution in [2.75, 3.05) is 26.7 Å². The maximum absolute atomic E-state index is 14.1. The number of nitrogens with zero attached hydrogens (tertiary/aromatic N) is 1. The fourth-order valence-corrected chi connectivity index (χ4v) is 3.81. The lowest BCUT2D eigenvalue weighted by Crippen LogP contribution is -2.42. The van der Waals surface area contributed by atoms with Crippen molar-refractivity contribution in [1.82, 2.24) is 10.2 Å². The van der Waals surface area contributed by atoms with Crippen LogP contribution in [0.3, 0.4) is 0 Å². The summed E-state index contributed by atoms with van der Waals surface area (Å²) in [4.78, 5) is 14.9. The van der Waals surface area contributed by atoms with E-state index in [-0.39, 0.29) is 41.1 Å². The van der Waals surface area contributed by atoms with Gasteiger partial charge in [-0.1, -0.05) is 11.6 Å². The molecule has 1 amide bonds. The lowest BCUT2D eigenvalue weighted by atomic mass is 10.1. The number of methoxy groups -OCH3 is 1. The summed E-state index contributed by atoms with van der Waals surface area (Å²) in [6, 6.07) is 7.44. The van der Waals surface area contributed by atoms with Crippen LogP contribution in [0.15, 0.2) is 42.0 Å². The molecule has 1 fully saturated rings. The Morgan fingerprint density at radius 3 is 2.64 bits per heavy atom. The molecule has 2 aromatic rings. The molecule has 1 aliphatic rings. The van der Waals surface area contributed by atoms with Crippen molar-refractivity contribution in [2.45, 2.75) is 32.4 Å². The molecule has 1 atom stereocenters. The number of amides is 1. The standard InChI is InChI=1S/C24H26F4N2O3/c1-15(10-16-5-7-18(25)12-20(16)26)13-30(14-19-4-3-9-29-19)23(31)17-6-8-21(33-24(27)28)22(11-17)32-2/h5-8,10-12,19,24,29H,3-4,9,13-14H2,1-2H3. The average Bonchev–Trinajstić information content (AvgIpc) is 3.28. The van der Waals surface area contributed by atoms with Gasteiger partial charge >= 0.3 is 6.61 Å². The second-order valence-corrected chi connectivity index (χ2v) is 7.88. The number of rotatable bonds is 9. The summed E-state index contributed by atoms with van der Waals surface area (Å²) in [6.07, 6.45) is 3.47. The molecular formula is C24H26F4N2O3. The lowest BCUT2D eigenvalue weighted by molar-refractivity contribution is -0.0512. The van der Waals surface area contributed by atoms with Gasteiger partial charge in [0.25, 0.3) is 5.91 Å². The first kappa shape index (κ1) is 24.6. The molecule has 3 rings (SSSR count). The number of ether oxygens (including phenoxy) is 2. The van der Waals surface area contributed by atoms with Crippen LogP contribution in [-0.2, 0) is 0 Å². The summed E-state index contributed by atoms with van der Waals surface area (Å²) in [7, 11) is 1.30. The largest absolute Gasteiger partial charge is 0.493 e. The number of carbonyl (C=O) groups is 1. The Morgan fingerprint density at radius 1 is 1.21 bits per heavy atom. The van der Waals surface area contributed by atoms with Crippen molar-refractivity contribution >= 4 is 12.0 Å². The molecule has 0 radical (unpaired) electrons. The first-order valence-electron chi connectivity index (χ1n) is 10.5. The van der Waals surface area contributed by atoms with Crippen molar-refractivity contribution in [2.24, 2.45) is 0 Å². The van der Waals surface area contributed by atoms with Gasteiger partial charge in [0.15, 0.2) is 11.5 Å². The maximum Gasteiger partial charge on any atom is 0.387 e. The first-order chi connectivity index (χ1) is 15.8. The van der Waals surface area contributed by atoms with Gasteiger partial charge in [0.2, 0.25) is 0 Å². The minimum absolute atomic E-state index is 0.0146. The van der Waals surface area contributed by atoms with E-state index in [2.05, 4.69) is 10.1 Å². The highest BCUT2D eigenvalue weighted by atomic mass is 19.3. The van der Waals surface area contributed by atoms with Crippen LogP contribution < -0.4 is 14.8 Å². The number of carbonyl (C=O) groups excluding carboxylic acids is 1. The molecule has 0 spiro atoms. The van der Waals surface area contributed by atoms with Gasteiger partial charge in [0, 0.05) is 36.3 Å². The molecule has 0 saturated carbocycles. The highest BCUT2D eigenvalue weighted by Crippen LogP contribution is 2.30. The van der Waals surface area contributed by atoms with E-state index >= 15 is 0 Å². The van der Waals surface area contributed by atoms with Gasteiger partial charge in [-0.2, -0.15) is 8.78 Å². The van der Waals surface area contributed by atoms with Gasteiger partial charge in [-0.05, 0) is 56.6 Å². The molecule has 9 heteroatoms. The zero-order valence-electron chi connectivity index (χ0n) is 18.4. The van der Waals surface area contributed by atoms with E-state index in [4.69, 9.17) is 4.74 Å². The van der Waals surface area contributed by atoms with Gasteiger partial charge < -0.3 is 19.7 Å². The topological polar surface area (TPSA) is 50.8 Å². The Balaban J connectivity index is 1.85. The number of alkyl halides is 2. The molecule has 1 saturated heterocycles. The van der Waals surface area contributed by atoms with Crippen LogP contribution >= 0.6 is 0 Å². The Labute approximate surface area is 190 Å². The van der Waals surface area contributed by atoms with Gasteiger partial charge in [0.1, 0.15) is 11.6 Å². The summed E-state index contributed by atoms with van der Waals surface area (Å²) in [5.74, 6) is -1.85. The second-order valence-electron chi connectivity index (χ2n) is 7.88. The highest BCUT2D eigenvalue weighted by molar-refractivity contribution is 5.95. The van der Waals surface area contributed by atoms with Crippen LogP contribution in [0.5, 0.6) is 11.5 Å². The molecule has 0 aliphatic carbocycles. The molecule has 1 heterocycles. The van der Waals surface area contributed by atoms with E-state index in [9.17, 15) is 22.4 Å². The zero-order chi connectivity index (χ0) is 24.0. The third-order valence-electron chi connectivity index (χ3n) is 5.32. The Hall–Kier alpha value is -3.07.